The van der Waals surface area contributed by atoms with Crippen molar-refractivity contribution in [2.45, 2.75) is 0 Å². The van der Waals surface area contributed by atoms with Crippen LogP contribution in [0.3, 0.4) is 0 Å². The Morgan fingerprint density at radius 1 is 0.636 bits per heavy atom. The largest absolute Gasteiger partial charge is 0.497 e. The molecule has 0 fully saturated rings. The number of rotatable bonds is 8. The number of nitrogens with zero attached hydrogens (tertiary/aromatic N) is 1. The zero-order chi connectivity index (χ0) is 23.4. The van der Waals surface area contributed by atoms with Crippen LogP contribution in [-0.4, -0.2) is 36.7 Å². The summed E-state index contributed by atoms with van der Waals surface area (Å²) in [6.45, 7) is 0. The highest BCUT2D eigenvalue weighted by Crippen LogP contribution is 2.25. The lowest BCUT2D eigenvalue weighted by molar-refractivity contribution is 0.0978. The highest BCUT2D eigenvalue weighted by molar-refractivity contribution is 6.24. The average Bonchev–Trinajstić information content (AvgIpc) is 3.33. The van der Waals surface area contributed by atoms with Gasteiger partial charge in [0.1, 0.15) is 17.1 Å². The molecule has 4 aromatic rings. The van der Waals surface area contributed by atoms with Crippen molar-refractivity contribution in [1.82, 2.24) is 5.16 Å². The maximum atomic E-state index is 13.4. The van der Waals surface area contributed by atoms with Crippen LogP contribution in [0.4, 0.5) is 0 Å². The van der Waals surface area contributed by atoms with E-state index in [0.29, 0.717) is 17.1 Å². The van der Waals surface area contributed by atoms with Crippen molar-refractivity contribution >= 4 is 17.3 Å². The second-order valence-electron chi connectivity index (χ2n) is 7.05. The second-order valence-corrected chi connectivity index (χ2v) is 7.05. The SMILES string of the molecule is COc1ccc(C(=O)c2noc(C(=O)c3ccc(OC)cc3)c2C(=O)c2ccccc2)cc1. The number of methoxy groups -OCH3 is 2. The van der Waals surface area contributed by atoms with Gasteiger partial charge in [-0.3, -0.25) is 14.4 Å². The maximum absolute atomic E-state index is 13.4. The van der Waals surface area contributed by atoms with Gasteiger partial charge in [0.2, 0.25) is 17.3 Å². The van der Waals surface area contributed by atoms with Gasteiger partial charge in [0.25, 0.3) is 0 Å². The first-order valence-electron chi connectivity index (χ1n) is 10.0. The molecule has 0 aliphatic heterocycles. The number of aromatic nitrogens is 1. The number of carbonyl (C=O) groups is 3. The lowest BCUT2D eigenvalue weighted by atomic mass is 9.94. The molecule has 0 atom stereocenters. The molecule has 0 bridgehead atoms. The van der Waals surface area contributed by atoms with E-state index in [2.05, 4.69) is 5.16 Å². The fourth-order valence-corrected chi connectivity index (χ4v) is 3.30. The molecular weight excluding hydrogens is 422 g/mol. The summed E-state index contributed by atoms with van der Waals surface area (Å²) in [5.74, 6) is -0.813. The molecule has 0 unspecified atom stereocenters. The van der Waals surface area contributed by atoms with E-state index in [1.54, 1.807) is 78.9 Å². The van der Waals surface area contributed by atoms with Gasteiger partial charge in [-0.05, 0) is 48.5 Å². The third kappa shape index (κ3) is 4.29. The summed E-state index contributed by atoms with van der Waals surface area (Å²) in [4.78, 5) is 39.8. The molecule has 4 rings (SSSR count). The van der Waals surface area contributed by atoms with Crippen molar-refractivity contribution in [1.29, 1.82) is 0 Å². The Morgan fingerprint density at radius 3 is 1.64 bits per heavy atom. The van der Waals surface area contributed by atoms with Gasteiger partial charge in [-0.2, -0.15) is 0 Å². The van der Waals surface area contributed by atoms with E-state index in [1.807, 2.05) is 0 Å². The van der Waals surface area contributed by atoms with Crippen LogP contribution in [0.2, 0.25) is 0 Å². The molecule has 164 valence electrons. The van der Waals surface area contributed by atoms with Gasteiger partial charge in [-0.1, -0.05) is 35.5 Å². The number of benzene rings is 3. The summed E-state index contributed by atoms with van der Waals surface area (Å²) in [5, 5.41) is 3.84. The first-order valence-corrected chi connectivity index (χ1v) is 10.0. The van der Waals surface area contributed by atoms with Gasteiger partial charge in [0, 0.05) is 16.7 Å². The van der Waals surface area contributed by atoms with Crippen LogP contribution in [0.5, 0.6) is 11.5 Å². The van der Waals surface area contributed by atoms with Crippen molar-refractivity contribution in [3.63, 3.8) is 0 Å². The molecule has 0 radical (unpaired) electrons. The molecule has 0 aliphatic rings. The Morgan fingerprint density at radius 2 is 1.12 bits per heavy atom. The van der Waals surface area contributed by atoms with Crippen LogP contribution in [0, 0.1) is 0 Å². The van der Waals surface area contributed by atoms with E-state index in [-0.39, 0.29) is 28.1 Å². The van der Waals surface area contributed by atoms with E-state index in [1.165, 1.54) is 14.2 Å². The lowest BCUT2D eigenvalue weighted by Crippen LogP contribution is -2.14. The lowest BCUT2D eigenvalue weighted by Gasteiger charge is -2.05. The van der Waals surface area contributed by atoms with E-state index >= 15 is 0 Å². The molecule has 33 heavy (non-hydrogen) atoms. The number of hydrogen-bond donors (Lipinski definition) is 0. The zero-order valence-corrected chi connectivity index (χ0v) is 17.9. The predicted octanol–water partition coefficient (Wildman–Crippen LogP) is 4.38. The van der Waals surface area contributed by atoms with Gasteiger partial charge in [0.05, 0.1) is 14.2 Å². The summed E-state index contributed by atoms with van der Waals surface area (Å²) in [6.07, 6.45) is 0. The topological polar surface area (TPSA) is 95.7 Å². The molecule has 0 saturated carbocycles. The standard InChI is InChI=1S/C26H19NO6/c1-31-19-12-8-17(9-13-19)24(29)22-21(23(28)16-6-4-3-5-7-16)26(33-27-22)25(30)18-10-14-20(32-2)15-11-18/h3-15H,1-2H3. The molecule has 0 amide bonds. The maximum Gasteiger partial charge on any atom is 0.231 e. The van der Waals surface area contributed by atoms with Crippen LogP contribution in [0.1, 0.15) is 48.1 Å². The van der Waals surface area contributed by atoms with Gasteiger partial charge in [-0.15, -0.1) is 0 Å². The van der Waals surface area contributed by atoms with Crippen LogP contribution in [-0.2, 0) is 0 Å². The average molecular weight is 441 g/mol. The van der Waals surface area contributed by atoms with E-state index in [4.69, 9.17) is 14.0 Å². The van der Waals surface area contributed by atoms with E-state index in [0.717, 1.165) is 0 Å². The Bertz CT molecular complexity index is 1230. The molecule has 7 heteroatoms. The monoisotopic (exact) mass is 441 g/mol. The molecular formula is C26H19NO6. The molecule has 0 saturated heterocycles. The van der Waals surface area contributed by atoms with Gasteiger partial charge in [-0.25, -0.2) is 0 Å². The van der Waals surface area contributed by atoms with Crippen molar-refractivity contribution in [3.05, 3.63) is 113 Å². The fraction of sp³-hybridized carbons (Fsp3) is 0.0769. The molecule has 1 aromatic heterocycles. The second kappa shape index (κ2) is 9.32. The summed E-state index contributed by atoms with van der Waals surface area (Å²) < 4.78 is 15.5. The first kappa shape index (κ1) is 21.7. The fourth-order valence-electron chi connectivity index (χ4n) is 3.30. The van der Waals surface area contributed by atoms with Crippen molar-refractivity contribution in [3.8, 4) is 11.5 Å². The number of ether oxygens (including phenoxy) is 2. The molecule has 0 aliphatic carbocycles. The van der Waals surface area contributed by atoms with Crippen LogP contribution in [0.15, 0.2) is 83.4 Å². The third-order valence-electron chi connectivity index (χ3n) is 5.08. The van der Waals surface area contributed by atoms with Crippen molar-refractivity contribution < 1.29 is 28.4 Å². The van der Waals surface area contributed by atoms with Crippen molar-refractivity contribution in [2.75, 3.05) is 14.2 Å². The summed E-state index contributed by atoms with van der Waals surface area (Å²) in [5.41, 5.74) is 0.425. The Kier molecular flexibility index (Phi) is 6.13. The highest BCUT2D eigenvalue weighted by atomic mass is 16.5. The number of ketones is 3. The minimum absolute atomic E-state index is 0.178. The first-order chi connectivity index (χ1) is 16.0. The van der Waals surface area contributed by atoms with E-state index in [9.17, 15) is 14.4 Å². The predicted molar refractivity (Wildman–Crippen MR) is 119 cm³/mol. The normalized spacial score (nSPS) is 10.5. The van der Waals surface area contributed by atoms with Gasteiger partial charge in [0.15, 0.2) is 11.5 Å². The van der Waals surface area contributed by atoms with Crippen LogP contribution < -0.4 is 9.47 Å². The minimum Gasteiger partial charge on any atom is -0.497 e. The molecule has 3 aromatic carbocycles. The minimum atomic E-state index is -0.571. The smallest absolute Gasteiger partial charge is 0.231 e. The molecule has 7 nitrogen and oxygen atoms in total. The van der Waals surface area contributed by atoms with E-state index < -0.39 is 17.3 Å². The summed E-state index contributed by atoms with van der Waals surface area (Å²) in [7, 11) is 3.03. The van der Waals surface area contributed by atoms with Gasteiger partial charge >= 0.3 is 0 Å². The van der Waals surface area contributed by atoms with Crippen LogP contribution in [0.25, 0.3) is 0 Å². The summed E-state index contributed by atoms with van der Waals surface area (Å²) in [6, 6.07) is 21.0. The highest BCUT2D eigenvalue weighted by Gasteiger charge is 2.32. The quantitative estimate of drug-likeness (QED) is 0.374. The Balaban J connectivity index is 1.81. The molecule has 0 N–H and O–H groups in total. The third-order valence-corrected chi connectivity index (χ3v) is 5.08. The molecule has 0 spiro atoms. The number of hydrogen-bond acceptors (Lipinski definition) is 7. The Labute approximate surface area is 189 Å². The Hall–Kier alpha value is -4.52. The molecule has 1 heterocycles. The van der Waals surface area contributed by atoms with Crippen LogP contribution >= 0.6 is 0 Å². The van der Waals surface area contributed by atoms with Crippen molar-refractivity contribution in [2.24, 2.45) is 0 Å². The van der Waals surface area contributed by atoms with Gasteiger partial charge < -0.3 is 14.0 Å². The number of carbonyl (C=O) groups excluding carboxylic acids is 3. The summed E-state index contributed by atoms with van der Waals surface area (Å²) >= 11 is 0. The zero-order valence-electron chi connectivity index (χ0n) is 17.9.